The number of nitrogens with zero attached hydrogens (tertiary/aromatic N) is 3. The summed E-state index contributed by atoms with van der Waals surface area (Å²) < 4.78 is 5.47. The lowest BCUT2D eigenvalue weighted by atomic mass is 9.86. The van der Waals surface area contributed by atoms with E-state index in [2.05, 4.69) is 46.2 Å². The van der Waals surface area contributed by atoms with Crippen molar-refractivity contribution in [3.05, 3.63) is 101 Å². The molecule has 2 aliphatic heterocycles. The number of rotatable bonds is 5. The third-order valence-corrected chi connectivity index (χ3v) is 6.33. The van der Waals surface area contributed by atoms with Crippen molar-refractivity contribution in [1.29, 1.82) is 0 Å². The van der Waals surface area contributed by atoms with Crippen LogP contribution in [0, 0.1) is 0 Å². The predicted molar refractivity (Wildman–Crippen MR) is 131 cm³/mol. The number of piperidine rings is 1. The Morgan fingerprint density at radius 3 is 2.39 bits per heavy atom. The second-order valence-corrected chi connectivity index (χ2v) is 8.67. The number of pyridine rings is 1. The highest BCUT2D eigenvalue weighted by atomic mass is 16.5. The van der Waals surface area contributed by atoms with E-state index in [-0.39, 0.29) is 11.7 Å². The molecule has 2 aromatic carbocycles. The molecule has 0 radical (unpaired) electrons. The first-order valence-electron chi connectivity index (χ1n) is 11.6. The van der Waals surface area contributed by atoms with E-state index >= 15 is 0 Å². The zero-order chi connectivity index (χ0) is 22.5. The SMILES string of the molecule is O=C1C(=Cc2cccc(N3CCOCC3)n2)CN(Cc2ccccc2)CC1c1ccccc1. The van der Waals surface area contributed by atoms with E-state index in [9.17, 15) is 4.79 Å². The molecular weight excluding hydrogens is 410 g/mol. The van der Waals surface area contributed by atoms with Crippen LogP contribution >= 0.6 is 0 Å². The van der Waals surface area contributed by atoms with Crippen molar-refractivity contribution in [2.45, 2.75) is 12.5 Å². The van der Waals surface area contributed by atoms with Gasteiger partial charge in [0.25, 0.3) is 0 Å². The number of hydrogen-bond donors (Lipinski definition) is 0. The molecule has 5 nitrogen and oxygen atoms in total. The number of anilines is 1. The van der Waals surface area contributed by atoms with Gasteiger partial charge < -0.3 is 9.64 Å². The Hall–Kier alpha value is -3.28. The fourth-order valence-electron chi connectivity index (χ4n) is 4.64. The summed E-state index contributed by atoms with van der Waals surface area (Å²) >= 11 is 0. The van der Waals surface area contributed by atoms with Gasteiger partial charge >= 0.3 is 0 Å². The van der Waals surface area contributed by atoms with E-state index in [1.54, 1.807) is 0 Å². The molecule has 2 fully saturated rings. The molecule has 1 aromatic heterocycles. The number of hydrogen-bond acceptors (Lipinski definition) is 5. The van der Waals surface area contributed by atoms with Gasteiger partial charge in [0.15, 0.2) is 5.78 Å². The number of aromatic nitrogens is 1. The summed E-state index contributed by atoms with van der Waals surface area (Å²) in [7, 11) is 0. The van der Waals surface area contributed by atoms with E-state index in [1.807, 2.05) is 48.5 Å². The van der Waals surface area contributed by atoms with Crippen molar-refractivity contribution in [2.75, 3.05) is 44.3 Å². The van der Waals surface area contributed by atoms with Gasteiger partial charge in [0, 0.05) is 38.3 Å². The average Bonchev–Trinajstić information content (AvgIpc) is 2.88. The Morgan fingerprint density at radius 2 is 1.64 bits per heavy atom. The molecule has 5 heteroatoms. The average molecular weight is 440 g/mol. The predicted octanol–water partition coefficient (Wildman–Crippen LogP) is 4.17. The number of benzene rings is 2. The van der Waals surface area contributed by atoms with Gasteiger partial charge in [0.05, 0.1) is 24.8 Å². The van der Waals surface area contributed by atoms with Crippen molar-refractivity contribution >= 4 is 17.7 Å². The molecule has 2 saturated heterocycles. The number of Topliss-reactive ketones (excluding diaryl/α,β-unsaturated/α-hetero) is 1. The first-order valence-corrected chi connectivity index (χ1v) is 11.6. The molecule has 168 valence electrons. The third kappa shape index (κ3) is 5.21. The third-order valence-electron chi connectivity index (χ3n) is 6.33. The number of carbonyl (C=O) groups is 1. The summed E-state index contributed by atoms with van der Waals surface area (Å²) in [6.07, 6.45) is 1.99. The van der Waals surface area contributed by atoms with Crippen LogP contribution in [0.15, 0.2) is 84.4 Å². The number of carbonyl (C=O) groups excluding carboxylic acids is 1. The Balaban J connectivity index is 1.44. The van der Waals surface area contributed by atoms with E-state index in [4.69, 9.17) is 9.72 Å². The van der Waals surface area contributed by atoms with Gasteiger partial charge in [-0.1, -0.05) is 66.7 Å². The van der Waals surface area contributed by atoms with Crippen LogP contribution in [0.5, 0.6) is 0 Å². The van der Waals surface area contributed by atoms with Crippen LogP contribution in [0.2, 0.25) is 0 Å². The summed E-state index contributed by atoms with van der Waals surface area (Å²) in [4.78, 5) is 23.0. The second-order valence-electron chi connectivity index (χ2n) is 8.67. The number of morpholine rings is 1. The molecule has 0 saturated carbocycles. The highest BCUT2D eigenvalue weighted by molar-refractivity contribution is 6.05. The van der Waals surface area contributed by atoms with Gasteiger partial charge in [0.2, 0.25) is 0 Å². The molecule has 0 bridgehead atoms. The molecule has 2 aliphatic rings. The van der Waals surface area contributed by atoms with Gasteiger partial charge in [0.1, 0.15) is 5.82 Å². The Labute approximate surface area is 195 Å². The maximum absolute atomic E-state index is 13.6. The first kappa shape index (κ1) is 21.6. The van der Waals surface area contributed by atoms with Crippen LogP contribution in [-0.2, 0) is 16.1 Å². The topological polar surface area (TPSA) is 45.7 Å². The summed E-state index contributed by atoms with van der Waals surface area (Å²) in [5.74, 6) is 0.970. The van der Waals surface area contributed by atoms with Crippen molar-refractivity contribution in [3.8, 4) is 0 Å². The normalized spacial score (nSPS) is 20.8. The molecule has 0 spiro atoms. The molecule has 0 N–H and O–H groups in total. The lowest BCUT2D eigenvalue weighted by Crippen LogP contribution is -2.40. The maximum Gasteiger partial charge on any atom is 0.168 e. The molecule has 1 atom stereocenters. The minimum absolute atomic E-state index is 0.169. The van der Waals surface area contributed by atoms with E-state index in [0.717, 1.165) is 62.0 Å². The van der Waals surface area contributed by atoms with E-state index in [0.29, 0.717) is 6.54 Å². The molecule has 5 rings (SSSR count). The monoisotopic (exact) mass is 439 g/mol. The van der Waals surface area contributed by atoms with E-state index < -0.39 is 0 Å². The van der Waals surface area contributed by atoms with Crippen molar-refractivity contribution < 1.29 is 9.53 Å². The van der Waals surface area contributed by atoms with Gasteiger partial charge in [-0.15, -0.1) is 0 Å². The van der Waals surface area contributed by atoms with Gasteiger partial charge in [-0.25, -0.2) is 4.98 Å². The fraction of sp³-hybridized carbons (Fsp3) is 0.286. The molecule has 0 aliphatic carbocycles. The first-order chi connectivity index (χ1) is 16.3. The molecule has 3 heterocycles. The van der Waals surface area contributed by atoms with Gasteiger partial charge in [-0.05, 0) is 29.3 Å². The number of ether oxygens (including phenoxy) is 1. The maximum atomic E-state index is 13.6. The second kappa shape index (κ2) is 10.1. The quantitative estimate of drug-likeness (QED) is 0.559. The zero-order valence-electron chi connectivity index (χ0n) is 18.8. The van der Waals surface area contributed by atoms with Crippen LogP contribution in [-0.4, -0.2) is 55.1 Å². The van der Waals surface area contributed by atoms with Crippen LogP contribution in [0.25, 0.3) is 6.08 Å². The number of likely N-dealkylation sites (tertiary alicyclic amines) is 1. The molecule has 3 aromatic rings. The summed E-state index contributed by atoms with van der Waals surface area (Å²) in [5, 5.41) is 0. The van der Waals surface area contributed by atoms with Crippen LogP contribution in [0.4, 0.5) is 5.82 Å². The van der Waals surface area contributed by atoms with E-state index in [1.165, 1.54) is 5.56 Å². The van der Waals surface area contributed by atoms with Crippen LogP contribution in [0.3, 0.4) is 0 Å². The van der Waals surface area contributed by atoms with Gasteiger partial charge in [-0.2, -0.15) is 0 Å². The highest BCUT2D eigenvalue weighted by Crippen LogP contribution is 2.29. The summed E-state index contributed by atoms with van der Waals surface area (Å²) in [6.45, 7) is 5.28. The molecule has 0 amide bonds. The molecule has 1 unspecified atom stereocenters. The van der Waals surface area contributed by atoms with Crippen molar-refractivity contribution in [2.24, 2.45) is 0 Å². The van der Waals surface area contributed by atoms with Crippen molar-refractivity contribution in [1.82, 2.24) is 9.88 Å². The van der Waals surface area contributed by atoms with Crippen LogP contribution < -0.4 is 4.90 Å². The van der Waals surface area contributed by atoms with Gasteiger partial charge in [-0.3, -0.25) is 9.69 Å². The highest BCUT2D eigenvalue weighted by Gasteiger charge is 2.32. The largest absolute Gasteiger partial charge is 0.378 e. The minimum Gasteiger partial charge on any atom is -0.378 e. The Kier molecular flexibility index (Phi) is 6.61. The standard InChI is InChI=1S/C28H29N3O2/c32-28-24(18-25-12-7-13-27(29-25)31-14-16-33-17-15-31)20-30(19-22-8-3-1-4-9-22)21-26(28)23-10-5-2-6-11-23/h1-13,18,26H,14-17,19-21H2. The summed E-state index contributed by atoms with van der Waals surface area (Å²) in [5.41, 5.74) is 3.97. The smallest absolute Gasteiger partial charge is 0.168 e. The zero-order valence-corrected chi connectivity index (χ0v) is 18.8. The Bertz CT molecular complexity index is 1110. The van der Waals surface area contributed by atoms with Crippen molar-refractivity contribution in [3.63, 3.8) is 0 Å². The minimum atomic E-state index is -0.169. The molecule has 33 heavy (non-hydrogen) atoms. The number of ketones is 1. The fourth-order valence-corrected chi connectivity index (χ4v) is 4.64. The van der Waals surface area contributed by atoms with Crippen LogP contribution in [0.1, 0.15) is 22.7 Å². The Morgan fingerprint density at radius 1 is 0.909 bits per heavy atom. The lowest BCUT2D eigenvalue weighted by Gasteiger charge is -2.34. The molecular formula is C28H29N3O2. The lowest BCUT2D eigenvalue weighted by molar-refractivity contribution is -0.119. The summed E-state index contributed by atoms with van der Waals surface area (Å²) in [6, 6.07) is 26.6.